The van der Waals surface area contributed by atoms with E-state index in [2.05, 4.69) is 4.90 Å². The SMILES string of the molecule is CCS(=O)(=O)c1ccc([C@@H](COC)c2nc3c(cc2C(N)=O)CN(CC2CCC(C(F)(F)F)CC2)C3)cc1. The Balaban J connectivity index is 1.55. The highest BCUT2D eigenvalue weighted by Gasteiger charge is 2.41. The van der Waals surface area contributed by atoms with Crippen molar-refractivity contribution in [1.29, 1.82) is 0 Å². The molecule has 2 aromatic rings. The molecule has 1 amide bonds. The number of methoxy groups -OCH3 is 1. The molecule has 0 spiro atoms. The number of carbonyl (C=O) groups excluding carboxylic acids is 1. The predicted octanol–water partition coefficient (Wildman–Crippen LogP) is 4.44. The number of nitrogens with two attached hydrogens (primary N) is 1. The first-order valence-electron chi connectivity index (χ1n) is 12.9. The van der Waals surface area contributed by atoms with Gasteiger partial charge in [0.1, 0.15) is 0 Å². The fraction of sp³-hybridized carbons (Fsp3) is 0.556. The van der Waals surface area contributed by atoms with Gasteiger partial charge in [0, 0.05) is 26.7 Å². The molecule has 2 aliphatic rings. The van der Waals surface area contributed by atoms with Crippen molar-refractivity contribution in [2.45, 2.75) is 62.7 Å². The van der Waals surface area contributed by atoms with Crippen LogP contribution in [0.15, 0.2) is 35.2 Å². The number of aromatic nitrogens is 1. The van der Waals surface area contributed by atoms with E-state index in [4.69, 9.17) is 15.5 Å². The van der Waals surface area contributed by atoms with E-state index in [1.54, 1.807) is 37.3 Å². The Morgan fingerprint density at radius 1 is 1.16 bits per heavy atom. The van der Waals surface area contributed by atoms with Crippen LogP contribution in [-0.4, -0.2) is 56.4 Å². The number of pyridine rings is 1. The van der Waals surface area contributed by atoms with E-state index < -0.39 is 33.8 Å². The fourth-order valence-electron chi connectivity index (χ4n) is 5.59. The van der Waals surface area contributed by atoms with Gasteiger partial charge in [-0.15, -0.1) is 0 Å². The quantitative estimate of drug-likeness (QED) is 0.493. The number of ether oxygens (including phenoxy) is 1. The van der Waals surface area contributed by atoms with Gasteiger partial charge in [0.2, 0.25) is 0 Å². The van der Waals surface area contributed by atoms with Crippen LogP contribution in [-0.2, 0) is 27.7 Å². The van der Waals surface area contributed by atoms with Crippen molar-refractivity contribution in [1.82, 2.24) is 9.88 Å². The molecule has 1 aliphatic carbocycles. The van der Waals surface area contributed by atoms with Gasteiger partial charge >= 0.3 is 6.18 Å². The summed E-state index contributed by atoms with van der Waals surface area (Å²) in [6, 6.07) is 8.26. The molecule has 1 aliphatic heterocycles. The van der Waals surface area contributed by atoms with E-state index in [1.165, 1.54) is 7.11 Å². The largest absolute Gasteiger partial charge is 0.391 e. The lowest BCUT2D eigenvalue weighted by molar-refractivity contribution is -0.184. The number of primary amides is 1. The van der Waals surface area contributed by atoms with E-state index in [1.807, 2.05) is 0 Å². The predicted molar refractivity (Wildman–Crippen MR) is 136 cm³/mol. The van der Waals surface area contributed by atoms with Crippen LogP contribution in [0.3, 0.4) is 0 Å². The van der Waals surface area contributed by atoms with Crippen molar-refractivity contribution in [3.63, 3.8) is 0 Å². The summed E-state index contributed by atoms with van der Waals surface area (Å²) >= 11 is 0. The van der Waals surface area contributed by atoms with Gasteiger partial charge in [-0.05, 0) is 60.9 Å². The highest BCUT2D eigenvalue weighted by atomic mass is 32.2. The number of hydrogen-bond donors (Lipinski definition) is 1. The summed E-state index contributed by atoms with van der Waals surface area (Å²) in [6.45, 7) is 3.56. The van der Waals surface area contributed by atoms with Crippen LogP contribution in [0.2, 0.25) is 0 Å². The van der Waals surface area contributed by atoms with Crippen molar-refractivity contribution in [3.05, 3.63) is 58.4 Å². The third-order valence-electron chi connectivity index (χ3n) is 7.76. The van der Waals surface area contributed by atoms with Crippen molar-refractivity contribution in [3.8, 4) is 0 Å². The molecule has 208 valence electrons. The van der Waals surface area contributed by atoms with Gasteiger partial charge in [-0.25, -0.2) is 8.42 Å². The number of benzene rings is 1. The van der Waals surface area contributed by atoms with Gasteiger partial charge in [0.15, 0.2) is 9.84 Å². The molecule has 1 saturated carbocycles. The van der Waals surface area contributed by atoms with Crippen LogP contribution in [0.4, 0.5) is 13.2 Å². The molecule has 0 saturated heterocycles. The Morgan fingerprint density at radius 3 is 2.37 bits per heavy atom. The fourth-order valence-corrected chi connectivity index (χ4v) is 6.48. The van der Waals surface area contributed by atoms with Crippen LogP contribution in [0, 0.1) is 11.8 Å². The second-order valence-electron chi connectivity index (χ2n) is 10.3. The maximum atomic E-state index is 13.0. The standard InChI is InChI=1S/C27H34F3N3O4S/c1-3-38(35,36)21-10-6-18(7-11-21)23(16-37-2)25-22(26(31)34)12-19-14-33(15-24(19)32-25)13-17-4-8-20(9-5-17)27(28,29)30/h6-7,10-12,17,20,23H,3-5,8-9,13-16H2,1-2H3,(H2,31,34)/t17?,20?,23-/m1/s1. The molecule has 11 heteroatoms. The molecule has 2 N–H and O–H groups in total. The molecule has 2 heterocycles. The van der Waals surface area contributed by atoms with Gasteiger partial charge in [0.25, 0.3) is 5.91 Å². The Hall–Kier alpha value is -2.50. The normalized spacial score (nSPS) is 21.3. The zero-order valence-corrected chi connectivity index (χ0v) is 22.4. The number of hydrogen-bond acceptors (Lipinski definition) is 6. The van der Waals surface area contributed by atoms with Crippen LogP contribution in [0.1, 0.15) is 71.4 Å². The molecule has 1 fully saturated rings. The molecule has 1 aromatic carbocycles. The second-order valence-corrected chi connectivity index (χ2v) is 12.6. The van der Waals surface area contributed by atoms with Crippen molar-refractivity contribution < 1.29 is 31.1 Å². The lowest BCUT2D eigenvalue weighted by Crippen LogP contribution is -2.32. The number of fused-ring (bicyclic) bond motifs is 1. The van der Waals surface area contributed by atoms with Gasteiger partial charge < -0.3 is 10.5 Å². The number of amides is 1. The molecule has 1 atom stereocenters. The number of carbonyl (C=O) groups is 1. The van der Waals surface area contributed by atoms with E-state index in [9.17, 15) is 26.4 Å². The number of halogens is 3. The van der Waals surface area contributed by atoms with Crippen molar-refractivity contribution >= 4 is 15.7 Å². The highest BCUT2D eigenvalue weighted by Crippen LogP contribution is 2.40. The average Bonchev–Trinajstić information content (AvgIpc) is 3.27. The molecule has 1 aromatic heterocycles. The summed E-state index contributed by atoms with van der Waals surface area (Å²) in [5.41, 5.74) is 8.93. The number of rotatable bonds is 9. The maximum absolute atomic E-state index is 13.0. The van der Waals surface area contributed by atoms with E-state index >= 15 is 0 Å². The minimum absolute atomic E-state index is 0.00762. The lowest BCUT2D eigenvalue weighted by Gasteiger charge is -2.32. The first-order chi connectivity index (χ1) is 17.9. The van der Waals surface area contributed by atoms with Crippen LogP contribution >= 0.6 is 0 Å². The Morgan fingerprint density at radius 2 is 1.82 bits per heavy atom. The summed E-state index contributed by atoms with van der Waals surface area (Å²) in [5, 5.41) is 0. The van der Waals surface area contributed by atoms with Crippen LogP contribution < -0.4 is 5.73 Å². The van der Waals surface area contributed by atoms with E-state index in [-0.39, 0.29) is 41.6 Å². The third kappa shape index (κ3) is 6.21. The first-order valence-corrected chi connectivity index (χ1v) is 14.5. The monoisotopic (exact) mass is 553 g/mol. The lowest BCUT2D eigenvalue weighted by atomic mass is 9.81. The molecule has 4 rings (SSSR count). The zero-order valence-electron chi connectivity index (χ0n) is 21.6. The molecular weight excluding hydrogens is 519 g/mol. The summed E-state index contributed by atoms with van der Waals surface area (Å²) in [4.78, 5) is 19.7. The molecule has 0 bridgehead atoms. The summed E-state index contributed by atoms with van der Waals surface area (Å²) in [5.74, 6) is -2.09. The van der Waals surface area contributed by atoms with Gasteiger partial charge in [0.05, 0.1) is 46.0 Å². The van der Waals surface area contributed by atoms with E-state index in [0.29, 0.717) is 38.2 Å². The first kappa shape index (κ1) is 28.5. The minimum Gasteiger partial charge on any atom is -0.384 e. The van der Waals surface area contributed by atoms with Crippen molar-refractivity contribution in [2.75, 3.05) is 26.0 Å². The average molecular weight is 554 g/mol. The van der Waals surface area contributed by atoms with Gasteiger partial charge in [-0.3, -0.25) is 14.7 Å². The minimum atomic E-state index is -4.12. The summed E-state index contributed by atoms with van der Waals surface area (Å²) < 4.78 is 69.0. The van der Waals surface area contributed by atoms with Crippen LogP contribution in [0.25, 0.3) is 0 Å². The molecule has 0 radical (unpaired) electrons. The number of alkyl halides is 3. The Labute approximate surface area is 221 Å². The smallest absolute Gasteiger partial charge is 0.384 e. The Kier molecular flexibility index (Phi) is 8.49. The molecular formula is C27H34F3N3O4S. The molecule has 38 heavy (non-hydrogen) atoms. The highest BCUT2D eigenvalue weighted by molar-refractivity contribution is 7.91. The van der Waals surface area contributed by atoms with Crippen LogP contribution in [0.5, 0.6) is 0 Å². The third-order valence-corrected chi connectivity index (χ3v) is 9.51. The topological polar surface area (TPSA) is 103 Å². The van der Waals surface area contributed by atoms with Gasteiger partial charge in [-0.1, -0.05) is 19.1 Å². The summed E-state index contributed by atoms with van der Waals surface area (Å²) in [6.07, 6.45) is -2.70. The van der Waals surface area contributed by atoms with Gasteiger partial charge in [-0.2, -0.15) is 13.2 Å². The van der Waals surface area contributed by atoms with Crippen molar-refractivity contribution in [2.24, 2.45) is 17.6 Å². The Bertz CT molecular complexity index is 1260. The summed E-state index contributed by atoms with van der Waals surface area (Å²) in [7, 11) is -1.82. The molecule has 7 nitrogen and oxygen atoms in total. The second kappa shape index (κ2) is 11.3. The maximum Gasteiger partial charge on any atom is 0.391 e. The molecule has 0 unspecified atom stereocenters. The van der Waals surface area contributed by atoms with E-state index in [0.717, 1.165) is 16.8 Å². The zero-order chi connectivity index (χ0) is 27.7. The number of sulfone groups is 1. The number of nitrogens with zero attached hydrogens (tertiary/aromatic N) is 2.